The molecular weight excluding hydrogens is 278 g/mol. The molecule has 0 bridgehead atoms. The summed E-state index contributed by atoms with van der Waals surface area (Å²) in [5.74, 6) is 0.785. The van der Waals surface area contributed by atoms with Crippen LogP contribution in [0, 0.1) is 13.8 Å². The molecule has 0 aliphatic rings. The Bertz CT molecular complexity index is 618. The van der Waals surface area contributed by atoms with Crippen LogP contribution in [0.2, 0.25) is 0 Å². The average Bonchev–Trinajstić information content (AvgIpc) is 2.90. The second-order valence-corrected chi connectivity index (χ2v) is 5.24. The van der Waals surface area contributed by atoms with Crippen LogP contribution in [0.3, 0.4) is 0 Å². The van der Waals surface area contributed by atoms with Gasteiger partial charge in [0.15, 0.2) is 0 Å². The van der Waals surface area contributed by atoms with Crippen LogP contribution in [0.15, 0.2) is 24.4 Å². The van der Waals surface area contributed by atoms with E-state index < -0.39 is 0 Å². The van der Waals surface area contributed by atoms with Gasteiger partial charge in [0.05, 0.1) is 5.69 Å². The summed E-state index contributed by atoms with van der Waals surface area (Å²) in [6.07, 6.45) is 2.67. The van der Waals surface area contributed by atoms with Gasteiger partial charge in [0, 0.05) is 25.8 Å². The Morgan fingerprint density at radius 3 is 2.77 bits per heavy atom. The number of carbonyl (C=O) groups excluding carboxylic acids is 1. The third-order valence-electron chi connectivity index (χ3n) is 3.29. The van der Waals surface area contributed by atoms with E-state index in [1.165, 1.54) is 0 Å². The molecule has 118 valence electrons. The summed E-state index contributed by atoms with van der Waals surface area (Å²) in [4.78, 5) is 16.4. The van der Waals surface area contributed by atoms with Gasteiger partial charge in [-0.25, -0.2) is 4.98 Å². The van der Waals surface area contributed by atoms with Crippen molar-refractivity contribution in [2.45, 2.75) is 33.7 Å². The second kappa shape index (κ2) is 7.59. The highest BCUT2D eigenvalue weighted by molar-refractivity contribution is 5.92. The van der Waals surface area contributed by atoms with Gasteiger partial charge in [-0.3, -0.25) is 9.48 Å². The van der Waals surface area contributed by atoms with E-state index in [1.54, 1.807) is 4.68 Å². The van der Waals surface area contributed by atoms with Crippen LogP contribution in [-0.4, -0.2) is 33.8 Å². The first-order valence-corrected chi connectivity index (χ1v) is 7.59. The summed E-state index contributed by atoms with van der Waals surface area (Å²) in [6.45, 7) is 7.95. The molecule has 6 heteroatoms. The van der Waals surface area contributed by atoms with Gasteiger partial charge in [-0.2, -0.15) is 5.10 Å². The topological polar surface area (TPSA) is 71.8 Å². The quantitative estimate of drug-likeness (QED) is 0.769. The maximum atomic E-state index is 12.1. The number of carbonyl (C=O) groups is 1. The van der Waals surface area contributed by atoms with Crippen molar-refractivity contribution < 1.29 is 4.79 Å². The molecule has 2 aromatic heterocycles. The molecule has 2 rings (SSSR count). The second-order valence-electron chi connectivity index (χ2n) is 5.24. The molecule has 0 atom stereocenters. The van der Waals surface area contributed by atoms with E-state index in [1.807, 2.05) is 45.2 Å². The van der Waals surface area contributed by atoms with Crippen molar-refractivity contribution in [3.05, 3.63) is 41.3 Å². The molecule has 0 saturated heterocycles. The van der Waals surface area contributed by atoms with E-state index in [0.717, 1.165) is 30.0 Å². The van der Waals surface area contributed by atoms with Crippen LogP contribution >= 0.6 is 0 Å². The first kappa shape index (κ1) is 16.0. The summed E-state index contributed by atoms with van der Waals surface area (Å²) < 4.78 is 1.72. The first-order chi connectivity index (χ1) is 10.6. The minimum absolute atomic E-state index is 0.0732. The predicted molar refractivity (Wildman–Crippen MR) is 87.1 cm³/mol. The van der Waals surface area contributed by atoms with Gasteiger partial charge in [0.25, 0.3) is 5.91 Å². The van der Waals surface area contributed by atoms with E-state index in [0.29, 0.717) is 18.8 Å². The third-order valence-corrected chi connectivity index (χ3v) is 3.29. The lowest BCUT2D eigenvalue weighted by molar-refractivity contribution is 0.0943. The van der Waals surface area contributed by atoms with Gasteiger partial charge >= 0.3 is 0 Å². The molecule has 0 fully saturated rings. The lowest BCUT2D eigenvalue weighted by Crippen LogP contribution is -2.28. The van der Waals surface area contributed by atoms with E-state index in [9.17, 15) is 4.79 Å². The number of aryl methyl sites for hydroxylation is 3. The molecular formula is C16H23N5O. The molecule has 2 N–H and O–H groups in total. The standard InChI is InChI=1S/C16H23N5O/c1-4-21-14(10-13(3)20-21)16(22)18-9-5-8-17-15-7-6-12(2)11-19-15/h6-7,10-11H,4-5,8-9H2,1-3H3,(H,17,19)(H,18,22). The fourth-order valence-corrected chi connectivity index (χ4v) is 2.14. The summed E-state index contributed by atoms with van der Waals surface area (Å²) in [5, 5.41) is 10.4. The van der Waals surface area contributed by atoms with Crippen molar-refractivity contribution in [2.24, 2.45) is 0 Å². The van der Waals surface area contributed by atoms with Crippen molar-refractivity contribution in [1.82, 2.24) is 20.1 Å². The van der Waals surface area contributed by atoms with Crippen molar-refractivity contribution in [2.75, 3.05) is 18.4 Å². The van der Waals surface area contributed by atoms with Gasteiger partial charge in [-0.1, -0.05) is 6.07 Å². The Hall–Kier alpha value is -2.37. The fourth-order valence-electron chi connectivity index (χ4n) is 2.14. The van der Waals surface area contributed by atoms with Crippen LogP contribution in [0.1, 0.15) is 35.1 Å². The molecule has 0 saturated carbocycles. The number of aromatic nitrogens is 3. The monoisotopic (exact) mass is 301 g/mol. The van der Waals surface area contributed by atoms with Gasteiger partial charge in [0.2, 0.25) is 0 Å². The molecule has 2 aromatic rings. The molecule has 0 radical (unpaired) electrons. The van der Waals surface area contributed by atoms with Crippen LogP contribution in [0.4, 0.5) is 5.82 Å². The Morgan fingerprint density at radius 1 is 1.27 bits per heavy atom. The zero-order valence-corrected chi connectivity index (χ0v) is 13.4. The molecule has 0 aromatic carbocycles. The summed E-state index contributed by atoms with van der Waals surface area (Å²) >= 11 is 0. The maximum absolute atomic E-state index is 12.1. The van der Waals surface area contributed by atoms with E-state index in [-0.39, 0.29) is 5.91 Å². The van der Waals surface area contributed by atoms with Crippen LogP contribution < -0.4 is 10.6 Å². The Morgan fingerprint density at radius 2 is 2.09 bits per heavy atom. The summed E-state index contributed by atoms with van der Waals surface area (Å²) in [7, 11) is 0. The van der Waals surface area contributed by atoms with Crippen LogP contribution in [0.5, 0.6) is 0 Å². The van der Waals surface area contributed by atoms with Gasteiger partial charge in [0.1, 0.15) is 11.5 Å². The number of nitrogens with zero attached hydrogens (tertiary/aromatic N) is 3. The third kappa shape index (κ3) is 4.31. The van der Waals surface area contributed by atoms with Gasteiger partial charge in [-0.15, -0.1) is 0 Å². The average molecular weight is 301 g/mol. The van der Waals surface area contributed by atoms with Crippen molar-refractivity contribution in [3.8, 4) is 0 Å². The zero-order valence-electron chi connectivity index (χ0n) is 13.4. The van der Waals surface area contributed by atoms with E-state index in [2.05, 4.69) is 20.7 Å². The largest absolute Gasteiger partial charge is 0.370 e. The predicted octanol–water partition coefficient (Wildman–Crippen LogP) is 2.15. The van der Waals surface area contributed by atoms with Crippen LogP contribution in [-0.2, 0) is 6.54 Å². The molecule has 6 nitrogen and oxygen atoms in total. The van der Waals surface area contributed by atoms with E-state index in [4.69, 9.17) is 0 Å². The number of amides is 1. The van der Waals surface area contributed by atoms with Crippen LogP contribution in [0.25, 0.3) is 0 Å². The molecule has 1 amide bonds. The van der Waals surface area contributed by atoms with Gasteiger partial charge < -0.3 is 10.6 Å². The van der Waals surface area contributed by atoms with Crippen molar-refractivity contribution in [1.29, 1.82) is 0 Å². The normalized spacial score (nSPS) is 10.5. The van der Waals surface area contributed by atoms with Crippen molar-refractivity contribution >= 4 is 11.7 Å². The number of rotatable bonds is 7. The first-order valence-electron chi connectivity index (χ1n) is 7.59. The summed E-state index contributed by atoms with van der Waals surface area (Å²) in [6, 6.07) is 5.79. The molecule has 0 spiro atoms. The number of hydrogen-bond acceptors (Lipinski definition) is 4. The molecule has 0 aliphatic carbocycles. The number of hydrogen-bond donors (Lipinski definition) is 2. The molecule has 0 unspecified atom stereocenters. The number of anilines is 1. The molecule has 0 aliphatic heterocycles. The van der Waals surface area contributed by atoms with Gasteiger partial charge in [-0.05, 0) is 44.9 Å². The fraction of sp³-hybridized carbons (Fsp3) is 0.438. The Labute approximate surface area is 130 Å². The van der Waals surface area contributed by atoms with Crippen molar-refractivity contribution in [3.63, 3.8) is 0 Å². The number of nitrogens with one attached hydrogen (secondary N) is 2. The minimum atomic E-state index is -0.0732. The molecule has 22 heavy (non-hydrogen) atoms. The van der Waals surface area contributed by atoms with E-state index >= 15 is 0 Å². The lowest BCUT2D eigenvalue weighted by atomic mass is 10.3. The Kier molecular flexibility index (Phi) is 5.52. The SMILES string of the molecule is CCn1nc(C)cc1C(=O)NCCCNc1ccc(C)cn1. The highest BCUT2D eigenvalue weighted by Crippen LogP contribution is 2.04. The smallest absolute Gasteiger partial charge is 0.269 e. The minimum Gasteiger partial charge on any atom is -0.370 e. The highest BCUT2D eigenvalue weighted by Gasteiger charge is 2.12. The maximum Gasteiger partial charge on any atom is 0.269 e. The zero-order chi connectivity index (χ0) is 15.9. The number of pyridine rings is 1. The lowest BCUT2D eigenvalue weighted by Gasteiger charge is -2.08. The Balaban J connectivity index is 1.72. The summed E-state index contributed by atoms with van der Waals surface area (Å²) in [5.41, 5.74) is 2.62. The molecule has 2 heterocycles. The highest BCUT2D eigenvalue weighted by atomic mass is 16.2.